The molecule has 0 spiro atoms. The third-order valence-electron chi connectivity index (χ3n) is 13.0. The Labute approximate surface area is 363 Å². The fourth-order valence-electron chi connectivity index (χ4n) is 10.2. The van der Waals surface area contributed by atoms with Crippen LogP contribution in [-0.4, -0.2) is 9.13 Å². The summed E-state index contributed by atoms with van der Waals surface area (Å²) in [6.45, 7) is 0. The minimum Gasteiger partial charge on any atom is -0.455 e. The van der Waals surface area contributed by atoms with Crippen molar-refractivity contribution in [1.29, 1.82) is 0 Å². The molecule has 9 aromatic carbocycles. The highest BCUT2D eigenvalue weighted by Crippen LogP contribution is 2.45. The molecule has 1 aliphatic rings. The summed E-state index contributed by atoms with van der Waals surface area (Å²) in [5.74, 6) is 0. The summed E-state index contributed by atoms with van der Waals surface area (Å²) in [5.41, 5.74) is 14.6. The van der Waals surface area contributed by atoms with Crippen LogP contribution in [0.15, 0.2) is 217 Å². The van der Waals surface area contributed by atoms with Gasteiger partial charge in [-0.2, -0.15) is 0 Å². The van der Waals surface area contributed by atoms with Crippen molar-refractivity contribution in [3.8, 4) is 22.5 Å². The summed E-state index contributed by atoms with van der Waals surface area (Å²) in [5, 5.41) is 18.5. The average Bonchev–Trinajstić information content (AvgIpc) is 4.02. The van der Waals surface area contributed by atoms with Gasteiger partial charge in [-0.1, -0.05) is 146 Å². The number of rotatable bonds is 6. The predicted octanol–water partition coefficient (Wildman–Crippen LogP) is 13.6. The topological polar surface area (TPSA) is 59.1 Å². The zero-order chi connectivity index (χ0) is 41.4. The smallest absolute Gasteiger partial charge is 0.145 e. The third-order valence-corrected chi connectivity index (χ3v) is 13.0. The van der Waals surface area contributed by atoms with E-state index in [0.717, 1.165) is 60.8 Å². The van der Waals surface area contributed by atoms with E-state index in [1.165, 1.54) is 43.9 Å². The molecule has 63 heavy (non-hydrogen) atoms. The average molecular weight is 812 g/mol. The Bertz CT molecular complexity index is 3620. The molecule has 4 heterocycles. The van der Waals surface area contributed by atoms with E-state index in [0.29, 0.717) is 0 Å². The number of hydrogen-bond donors (Lipinski definition) is 3. The summed E-state index contributed by atoms with van der Waals surface area (Å²) in [7, 11) is 0. The number of fused-ring (bicyclic) bond motifs is 11. The van der Waals surface area contributed by atoms with E-state index >= 15 is 0 Å². The zero-order valence-electron chi connectivity index (χ0n) is 34.2. The first kappa shape index (κ1) is 36.0. The van der Waals surface area contributed by atoms with Crippen molar-refractivity contribution in [1.82, 2.24) is 25.1 Å². The van der Waals surface area contributed by atoms with E-state index < -0.39 is 0 Å². The van der Waals surface area contributed by atoms with Gasteiger partial charge in [0.15, 0.2) is 0 Å². The number of furan rings is 1. The lowest BCUT2D eigenvalue weighted by Crippen LogP contribution is -2.54. The van der Waals surface area contributed by atoms with Gasteiger partial charge in [0.1, 0.15) is 11.2 Å². The van der Waals surface area contributed by atoms with Crippen molar-refractivity contribution in [3.05, 3.63) is 229 Å². The summed E-state index contributed by atoms with van der Waals surface area (Å²) >= 11 is 0. The van der Waals surface area contributed by atoms with E-state index in [1.54, 1.807) is 0 Å². The molecule has 6 heteroatoms. The Hall–Kier alpha value is -7.74. The van der Waals surface area contributed by atoms with Gasteiger partial charge in [-0.25, -0.2) is 0 Å². The van der Waals surface area contributed by atoms with Crippen molar-refractivity contribution in [3.63, 3.8) is 0 Å². The Morgan fingerprint density at radius 1 is 0.349 bits per heavy atom. The Morgan fingerprint density at radius 2 is 0.905 bits per heavy atom. The normalized spacial score (nSPS) is 16.9. The van der Waals surface area contributed by atoms with Gasteiger partial charge in [-0.3, -0.25) is 16.0 Å². The fourth-order valence-corrected chi connectivity index (χ4v) is 10.2. The zero-order valence-corrected chi connectivity index (χ0v) is 34.2. The van der Waals surface area contributed by atoms with Crippen LogP contribution in [0.2, 0.25) is 0 Å². The number of para-hydroxylation sites is 3. The maximum Gasteiger partial charge on any atom is 0.145 e. The minimum absolute atomic E-state index is 0.0294. The molecule has 0 radical (unpaired) electrons. The monoisotopic (exact) mass is 811 g/mol. The lowest BCUT2D eigenvalue weighted by atomic mass is 9.99. The quantitative estimate of drug-likeness (QED) is 0.157. The fraction of sp³-hybridized carbons (Fsp3) is 0.0526. The van der Waals surface area contributed by atoms with Crippen molar-refractivity contribution >= 4 is 65.6 Å². The van der Waals surface area contributed by atoms with Crippen LogP contribution in [0.3, 0.4) is 0 Å². The van der Waals surface area contributed by atoms with Gasteiger partial charge in [0.2, 0.25) is 0 Å². The maximum atomic E-state index is 6.70. The van der Waals surface area contributed by atoms with Gasteiger partial charge in [0, 0.05) is 38.3 Å². The molecular weight excluding hydrogens is 771 g/mol. The standard InChI is InChI=1S/C57H41N5O/c1-4-15-37(16-5-1)55-58-56(38-17-6-2-7-18-38)60-57(59-55)40-20-14-19-39(35-40)36-27-29-42(30-28-36)61-47-25-12-10-24-45(47)51-48(61)34-32-46-52-49(62(53(46)51)41-21-8-3-9-22-41)33-31-44-43-23-11-13-26-50(43)63-54(44)52/h1-35,55-60H. The molecule has 1 aliphatic heterocycles. The van der Waals surface area contributed by atoms with E-state index in [2.05, 4.69) is 231 Å². The van der Waals surface area contributed by atoms with E-state index in [9.17, 15) is 0 Å². The Morgan fingerprint density at radius 3 is 1.62 bits per heavy atom. The van der Waals surface area contributed by atoms with Crippen LogP contribution in [0.5, 0.6) is 0 Å². The molecular formula is C57H41N5O. The molecule has 2 unspecified atom stereocenters. The largest absolute Gasteiger partial charge is 0.455 e. The first-order valence-electron chi connectivity index (χ1n) is 21.7. The van der Waals surface area contributed by atoms with Crippen LogP contribution in [0.25, 0.3) is 88.1 Å². The summed E-state index contributed by atoms with van der Waals surface area (Å²) in [4.78, 5) is 0. The van der Waals surface area contributed by atoms with Crippen molar-refractivity contribution in [2.24, 2.45) is 0 Å². The first-order valence-corrected chi connectivity index (χ1v) is 21.7. The molecule has 300 valence electrons. The van der Waals surface area contributed by atoms with Crippen molar-refractivity contribution in [2.45, 2.75) is 18.5 Å². The summed E-state index contributed by atoms with van der Waals surface area (Å²) in [6, 6.07) is 76.2. The van der Waals surface area contributed by atoms with Gasteiger partial charge >= 0.3 is 0 Å². The first-order chi connectivity index (χ1) is 31.2. The number of benzene rings is 9. The molecule has 2 atom stereocenters. The van der Waals surface area contributed by atoms with Crippen LogP contribution in [-0.2, 0) is 0 Å². The Balaban J connectivity index is 0.932. The van der Waals surface area contributed by atoms with Crippen molar-refractivity contribution < 1.29 is 4.42 Å². The number of hydrogen-bond acceptors (Lipinski definition) is 4. The van der Waals surface area contributed by atoms with Gasteiger partial charge in [-0.15, -0.1) is 0 Å². The number of nitrogens with zero attached hydrogens (tertiary/aromatic N) is 2. The second-order valence-electron chi connectivity index (χ2n) is 16.6. The van der Waals surface area contributed by atoms with Gasteiger partial charge in [0.25, 0.3) is 0 Å². The van der Waals surface area contributed by atoms with Crippen molar-refractivity contribution in [2.75, 3.05) is 0 Å². The van der Waals surface area contributed by atoms with Gasteiger partial charge < -0.3 is 13.6 Å². The molecule has 3 N–H and O–H groups in total. The molecule has 0 saturated carbocycles. The predicted molar refractivity (Wildman–Crippen MR) is 258 cm³/mol. The van der Waals surface area contributed by atoms with Gasteiger partial charge in [0.05, 0.1) is 46.0 Å². The third kappa shape index (κ3) is 5.77. The SMILES string of the molecule is c1ccc(C2NC(c3ccccc3)NC(c3cccc(-c4ccc(-n5c6ccccc6c6c5ccc5c7c8oc9ccccc9c8ccc7n(-c7ccccc7)c56)cc4)c3)N2)cc1. The lowest BCUT2D eigenvalue weighted by molar-refractivity contribution is 0.203. The lowest BCUT2D eigenvalue weighted by Gasteiger charge is -2.39. The molecule has 3 aromatic heterocycles. The van der Waals surface area contributed by atoms with Crippen LogP contribution >= 0.6 is 0 Å². The molecule has 1 fully saturated rings. The number of nitrogens with one attached hydrogen (secondary N) is 3. The Kier molecular flexibility index (Phi) is 8.24. The molecule has 0 bridgehead atoms. The molecule has 0 amide bonds. The van der Waals surface area contributed by atoms with Crippen LogP contribution in [0.1, 0.15) is 35.2 Å². The highest BCUT2D eigenvalue weighted by Gasteiger charge is 2.30. The second kappa shape index (κ2) is 14.4. The molecule has 0 aliphatic carbocycles. The van der Waals surface area contributed by atoms with Crippen LogP contribution in [0, 0.1) is 0 Å². The molecule has 13 rings (SSSR count). The summed E-state index contributed by atoms with van der Waals surface area (Å²) in [6.07, 6.45) is -0.138. The second-order valence-corrected chi connectivity index (χ2v) is 16.6. The highest BCUT2D eigenvalue weighted by molar-refractivity contribution is 6.31. The molecule has 12 aromatic rings. The highest BCUT2D eigenvalue weighted by atomic mass is 16.3. The minimum atomic E-state index is -0.0789. The van der Waals surface area contributed by atoms with Crippen LogP contribution in [0.4, 0.5) is 0 Å². The van der Waals surface area contributed by atoms with Gasteiger partial charge in [-0.05, 0) is 94.5 Å². The molecule has 6 nitrogen and oxygen atoms in total. The molecule has 1 saturated heterocycles. The van der Waals surface area contributed by atoms with Crippen LogP contribution < -0.4 is 16.0 Å². The van der Waals surface area contributed by atoms with E-state index in [4.69, 9.17) is 4.42 Å². The van der Waals surface area contributed by atoms with E-state index in [1.807, 2.05) is 6.07 Å². The van der Waals surface area contributed by atoms with E-state index in [-0.39, 0.29) is 18.5 Å². The summed E-state index contributed by atoms with van der Waals surface area (Å²) < 4.78 is 11.6. The number of aromatic nitrogens is 2. The maximum absolute atomic E-state index is 6.70.